The fraction of sp³-hybridized carbons (Fsp3) is 0.935. The van der Waals surface area contributed by atoms with Gasteiger partial charge in [0.1, 0.15) is 18.3 Å². The summed E-state index contributed by atoms with van der Waals surface area (Å²) in [5.74, 6) is -0.906. The molecule has 0 aromatic carbocycles. The van der Waals surface area contributed by atoms with E-state index < -0.39 is 64.1 Å². The predicted octanol–water partition coefficient (Wildman–Crippen LogP) is 1.17. The van der Waals surface area contributed by atoms with Gasteiger partial charge in [0.25, 0.3) is 0 Å². The molecule has 0 aromatic heterocycles. The molecule has 5 aliphatic rings. The molecule has 44 heavy (non-hydrogen) atoms. The minimum atomic E-state index is -4.51. The summed E-state index contributed by atoms with van der Waals surface area (Å²) < 4.78 is 46.8. The lowest BCUT2D eigenvalue weighted by molar-refractivity contribution is -0.300. The van der Waals surface area contributed by atoms with E-state index in [1.807, 2.05) is 12.2 Å². The van der Waals surface area contributed by atoms with Crippen molar-refractivity contribution in [3.05, 3.63) is 12.2 Å². The topological polar surface area (TPSA) is 203 Å². The molecule has 0 amide bonds. The zero-order valence-corrected chi connectivity index (χ0v) is 26.9. The molecule has 5 rings (SSSR count). The smallest absolute Gasteiger partial charge is 0.393 e. The quantitative estimate of drug-likeness (QED) is 0.113. The van der Waals surface area contributed by atoms with Crippen LogP contribution in [0.4, 0.5) is 0 Å². The Hall–Kier alpha value is -0.710. The van der Waals surface area contributed by atoms with Crippen LogP contribution in [0.2, 0.25) is 0 Å². The molecule has 13 heteroatoms. The molecular weight excluding hydrogens is 596 g/mol. The number of aliphatic hydroxyl groups is 6. The van der Waals surface area contributed by atoms with Crippen molar-refractivity contribution in [1.29, 1.82) is 0 Å². The number of fused-ring (bicyclic) bond motifs is 5. The average molecular weight is 649 g/mol. The van der Waals surface area contributed by atoms with Gasteiger partial charge in [0.2, 0.25) is 0 Å². The summed E-state index contributed by atoms with van der Waals surface area (Å²) in [5, 5.41) is 65.9. The molecule has 1 aliphatic heterocycles. The van der Waals surface area contributed by atoms with Crippen LogP contribution in [-0.4, -0.2) is 105 Å². The van der Waals surface area contributed by atoms with E-state index in [2.05, 4.69) is 25.0 Å². The van der Waals surface area contributed by atoms with Crippen molar-refractivity contribution in [3.8, 4) is 0 Å². The molecule has 0 unspecified atom stereocenters. The summed E-state index contributed by atoms with van der Waals surface area (Å²) in [6.45, 7) is 7.81. The molecule has 1 heterocycles. The lowest BCUT2D eigenvalue weighted by Crippen LogP contribution is -2.68. The van der Waals surface area contributed by atoms with Gasteiger partial charge in [-0.25, -0.2) is 4.18 Å². The molecule has 16 atom stereocenters. The number of rotatable bonds is 8. The Morgan fingerprint density at radius 2 is 1.61 bits per heavy atom. The van der Waals surface area contributed by atoms with Crippen molar-refractivity contribution in [3.63, 3.8) is 0 Å². The molecule has 7 N–H and O–H groups in total. The molecule has 4 saturated carbocycles. The van der Waals surface area contributed by atoms with E-state index >= 15 is 0 Å². The Morgan fingerprint density at radius 1 is 0.932 bits per heavy atom. The van der Waals surface area contributed by atoms with Gasteiger partial charge in [-0.2, -0.15) is 8.42 Å². The maximum atomic E-state index is 12.6. The van der Waals surface area contributed by atoms with Gasteiger partial charge in [-0.05, 0) is 78.9 Å². The fourth-order valence-electron chi connectivity index (χ4n) is 10.3. The Bertz CT molecular complexity index is 1170. The second-order valence-electron chi connectivity index (χ2n) is 15.1. The van der Waals surface area contributed by atoms with Crippen molar-refractivity contribution in [1.82, 2.24) is 0 Å². The predicted molar refractivity (Wildman–Crippen MR) is 157 cm³/mol. The summed E-state index contributed by atoms with van der Waals surface area (Å²) >= 11 is 0. The van der Waals surface area contributed by atoms with Crippen LogP contribution in [0.1, 0.15) is 72.6 Å². The first-order chi connectivity index (χ1) is 20.4. The largest absolute Gasteiger partial charge is 0.397 e. The maximum Gasteiger partial charge on any atom is 0.397 e. The zero-order valence-electron chi connectivity index (χ0n) is 26.1. The molecule has 0 radical (unpaired) electrons. The number of aliphatic hydroxyl groups excluding tert-OH is 5. The second-order valence-corrected chi connectivity index (χ2v) is 16.2. The van der Waals surface area contributed by atoms with E-state index in [0.717, 1.165) is 12.8 Å². The normalized spacial score (nSPS) is 50.9. The first-order valence-electron chi connectivity index (χ1n) is 16.1. The van der Waals surface area contributed by atoms with Gasteiger partial charge in [0.05, 0.1) is 37.1 Å². The van der Waals surface area contributed by atoms with Crippen molar-refractivity contribution < 1.29 is 57.3 Å². The summed E-state index contributed by atoms with van der Waals surface area (Å²) in [5.41, 5.74) is -2.05. The standard InChI is InChI=1S/C31H52O12S/c1-16(14-42-44(38,39)40)5-6-17(2)19-12-21(32)27-30(19,4)10-8-24-29(3)9-7-18(11-20(29)22(33)13-31(24,27)37)43-28-26(36)25(35)23(34)15-41-28/h5-6,16-28,32-37H,7-15H2,1-4H3,(H,38,39,40)/b6-5+/t16-,17-,18+,19-,20-,21+,22-,23-,24-,25+,26-,27-,28+,29+,30-,31+/m1/s1. The average Bonchev–Trinajstić information content (AvgIpc) is 3.22. The van der Waals surface area contributed by atoms with Crippen LogP contribution >= 0.6 is 0 Å². The third-order valence-corrected chi connectivity index (χ3v) is 12.8. The van der Waals surface area contributed by atoms with Crippen LogP contribution in [0.25, 0.3) is 0 Å². The summed E-state index contributed by atoms with van der Waals surface area (Å²) in [6, 6.07) is 0. The van der Waals surface area contributed by atoms with Gasteiger partial charge in [-0.15, -0.1) is 0 Å². The van der Waals surface area contributed by atoms with Crippen LogP contribution in [0, 0.1) is 46.3 Å². The van der Waals surface area contributed by atoms with E-state index in [1.54, 1.807) is 6.92 Å². The Morgan fingerprint density at radius 3 is 2.30 bits per heavy atom. The molecule has 1 saturated heterocycles. The van der Waals surface area contributed by atoms with Crippen molar-refractivity contribution in [2.75, 3.05) is 13.2 Å². The maximum absolute atomic E-state index is 12.6. The van der Waals surface area contributed by atoms with E-state index in [9.17, 15) is 39.1 Å². The first kappa shape index (κ1) is 34.6. The third kappa shape index (κ3) is 6.16. The Kier molecular flexibility index (Phi) is 9.75. The summed E-state index contributed by atoms with van der Waals surface area (Å²) in [7, 11) is -4.51. The van der Waals surface area contributed by atoms with Gasteiger partial charge in [-0.3, -0.25) is 4.55 Å². The van der Waals surface area contributed by atoms with Crippen LogP contribution in [0.15, 0.2) is 12.2 Å². The van der Waals surface area contributed by atoms with Crippen LogP contribution in [-0.2, 0) is 24.1 Å². The van der Waals surface area contributed by atoms with Gasteiger partial charge in [0, 0.05) is 12.3 Å². The zero-order chi connectivity index (χ0) is 32.4. The number of hydrogen-bond acceptors (Lipinski definition) is 11. The third-order valence-electron chi connectivity index (χ3n) is 12.4. The molecule has 0 spiro atoms. The molecule has 12 nitrogen and oxygen atoms in total. The first-order valence-corrected chi connectivity index (χ1v) is 17.5. The van der Waals surface area contributed by atoms with Gasteiger partial charge >= 0.3 is 10.4 Å². The van der Waals surface area contributed by atoms with E-state index in [0.29, 0.717) is 25.7 Å². The minimum absolute atomic E-state index is 0.0226. The molecule has 5 fully saturated rings. The van der Waals surface area contributed by atoms with Gasteiger partial charge in [0.15, 0.2) is 6.29 Å². The minimum Gasteiger partial charge on any atom is -0.393 e. The Labute approximate surface area is 260 Å². The van der Waals surface area contributed by atoms with E-state index in [4.69, 9.17) is 14.0 Å². The molecule has 0 aromatic rings. The second kappa shape index (κ2) is 12.4. The van der Waals surface area contributed by atoms with Crippen molar-refractivity contribution >= 4 is 10.4 Å². The lowest BCUT2D eigenvalue weighted by atomic mass is 9.42. The van der Waals surface area contributed by atoms with Crippen LogP contribution < -0.4 is 0 Å². The highest BCUT2D eigenvalue weighted by Crippen LogP contribution is 2.69. The van der Waals surface area contributed by atoms with Crippen molar-refractivity contribution in [2.45, 2.75) is 121 Å². The van der Waals surface area contributed by atoms with Crippen LogP contribution in [0.3, 0.4) is 0 Å². The van der Waals surface area contributed by atoms with Crippen molar-refractivity contribution in [2.24, 2.45) is 46.3 Å². The fourth-order valence-corrected chi connectivity index (χ4v) is 10.7. The van der Waals surface area contributed by atoms with E-state index in [1.165, 1.54) is 0 Å². The number of hydrogen-bond donors (Lipinski definition) is 7. The van der Waals surface area contributed by atoms with Crippen LogP contribution in [0.5, 0.6) is 0 Å². The summed E-state index contributed by atoms with van der Waals surface area (Å²) in [6.07, 6.45) is 0.967. The van der Waals surface area contributed by atoms with E-state index in [-0.39, 0.29) is 60.7 Å². The highest BCUT2D eigenvalue weighted by molar-refractivity contribution is 7.80. The molecule has 254 valence electrons. The molecule has 4 aliphatic carbocycles. The number of allylic oxidation sites excluding steroid dienone is 1. The molecule has 0 bridgehead atoms. The highest BCUT2D eigenvalue weighted by atomic mass is 32.3. The molecular formula is C31H52O12S. The Balaban J connectivity index is 1.29. The monoisotopic (exact) mass is 648 g/mol. The highest BCUT2D eigenvalue weighted by Gasteiger charge is 2.70. The van der Waals surface area contributed by atoms with Gasteiger partial charge in [-0.1, -0.05) is 39.8 Å². The number of ether oxygens (including phenoxy) is 2. The lowest BCUT2D eigenvalue weighted by Gasteiger charge is -2.66. The SMILES string of the molecule is C[C@H](/C=C/[C@@H](C)[C@H]1C[C@H](O)[C@@H]2[C@]1(C)CC[C@@H]1[C@@]3(C)CC[C@H](O[C@@H]4OC[C@@H](O)[C@H](O)[C@H]4O)C[C@@H]3[C@H](O)C[C@]12O)COS(=O)(=O)O. The van der Waals surface area contributed by atoms with Gasteiger partial charge < -0.3 is 40.1 Å². The summed E-state index contributed by atoms with van der Waals surface area (Å²) in [4.78, 5) is 0.